The van der Waals surface area contributed by atoms with Gasteiger partial charge in [0.2, 0.25) is 0 Å². The van der Waals surface area contributed by atoms with Crippen molar-refractivity contribution in [1.29, 1.82) is 0 Å². The summed E-state index contributed by atoms with van der Waals surface area (Å²) in [6.45, 7) is 29.4. The molecule has 0 rings (SSSR count). The predicted octanol–water partition coefficient (Wildman–Crippen LogP) is 5.99. The van der Waals surface area contributed by atoms with Gasteiger partial charge >= 0.3 is 0 Å². The number of hydrogen-bond acceptors (Lipinski definition) is 0. The smallest absolute Gasteiger partial charge is 0.00687 e. The van der Waals surface area contributed by atoms with E-state index in [9.17, 15) is 0 Å². The highest BCUT2D eigenvalue weighted by atomic mass is 32.3. The molecule has 0 radical (unpaired) electrons. The highest BCUT2D eigenvalue weighted by molar-refractivity contribution is 8.37. The van der Waals surface area contributed by atoms with Crippen molar-refractivity contribution in [3.8, 4) is 0 Å². The summed E-state index contributed by atoms with van der Waals surface area (Å²) in [5.74, 6) is 0. The molecular formula is C16H36S. The fourth-order valence-corrected chi connectivity index (χ4v) is 16.5. The van der Waals surface area contributed by atoms with Crippen LogP contribution in [-0.2, 0) is 0 Å². The molecule has 0 heterocycles. The van der Waals surface area contributed by atoms with E-state index in [0.717, 1.165) is 0 Å². The van der Waals surface area contributed by atoms with Crippen molar-refractivity contribution >= 4 is 10.0 Å². The van der Waals surface area contributed by atoms with Gasteiger partial charge in [-0.25, -0.2) is 10.0 Å². The second-order valence-electron chi connectivity index (χ2n) is 9.06. The molecule has 0 aliphatic heterocycles. The Bertz CT molecular complexity index is 198. The van der Waals surface area contributed by atoms with Crippen LogP contribution in [0.4, 0.5) is 0 Å². The highest BCUT2D eigenvalue weighted by Gasteiger charge is 2.58. The minimum Gasteiger partial charge on any atom is -0.222 e. The van der Waals surface area contributed by atoms with Crippen molar-refractivity contribution in [2.75, 3.05) is 0 Å². The zero-order valence-corrected chi connectivity index (χ0v) is 15.2. The third-order valence-electron chi connectivity index (χ3n) is 3.67. The standard InChI is InChI=1S/C16H36S/c1-13(2,3)17(14(4,5)6,15(7,8)9)16(10,11)12/h1-12H3. The molecular weight excluding hydrogens is 224 g/mol. The minimum absolute atomic E-state index is 0.349. The van der Waals surface area contributed by atoms with Gasteiger partial charge < -0.3 is 0 Å². The van der Waals surface area contributed by atoms with E-state index >= 15 is 0 Å². The van der Waals surface area contributed by atoms with E-state index in [1.165, 1.54) is 0 Å². The van der Waals surface area contributed by atoms with Gasteiger partial charge in [-0.1, -0.05) is 83.1 Å². The van der Waals surface area contributed by atoms with E-state index in [0.29, 0.717) is 19.0 Å². The van der Waals surface area contributed by atoms with Crippen LogP contribution >= 0.6 is 10.0 Å². The van der Waals surface area contributed by atoms with Gasteiger partial charge in [0.1, 0.15) is 0 Å². The number of hydrogen-bond donors (Lipinski definition) is 0. The van der Waals surface area contributed by atoms with E-state index < -0.39 is 10.0 Å². The number of rotatable bonds is 0. The van der Waals surface area contributed by atoms with Crippen LogP contribution in [0.2, 0.25) is 0 Å². The van der Waals surface area contributed by atoms with Gasteiger partial charge in [-0.05, 0) is 19.0 Å². The van der Waals surface area contributed by atoms with Crippen molar-refractivity contribution in [1.82, 2.24) is 0 Å². The minimum atomic E-state index is -0.861. The van der Waals surface area contributed by atoms with E-state index in [2.05, 4.69) is 83.1 Å². The monoisotopic (exact) mass is 260 g/mol. The van der Waals surface area contributed by atoms with Gasteiger partial charge in [-0.3, -0.25) is 0 Å². The lowest BCUT2D eigenvalue weighted by Crippen LogP contribution is -2.56. The molecule has 17 heavy (non-hydrogen) atoms. The molecule has 1 heteroatoms. The van der Waals surface area contributed by atoms with Crippen LogP contribution in [-0.4, -0.2) is 19.0 Å². The molecule has 0 aliphatic rings. The fourth-order valence-electron chi connectivity index (χ4n) is 5.51. The zero-order chi connectivity index (χ0) is 14.5. The van der Waals surface area contributed by atoms with Crippen LogP contribution < -0.4 is 0 Å². The van der Waals surface area contributed by atoms with Crippen LogP contribution in [0.5, 0.6) is 0 Å². The maximum absolute atomic E-state index is 2.45. The van der Waals surface area contributed by atoms with Crippen LogP contribution in [0.15, 0.2) is 0 Å². The highest BCUT2D eigenvalue weighted by Crippen LogP contribution is 2.80. The van der Waals surface area contributed by atoms with Gasteiger partial charge in [0.05, 0.1) is 0 Å². The Balaban J connectivity index is 6.37. The second-order valence-corrected chi connectivity index (χ2v) is 15.2. The average molecular weight is 261 g/mol. The van der Waals surface area contributed by atoms with Crippen LogP contribution in [0.3, 0.4) is 0 Å². The topological polar surface area (TPSA) is 0 Å². The molecule has 0 nitrogen and oxygen atoms in total. The fraction of sp³-hybridized carbons (Fsp3) is 1.00. The van der Waals surface area contributed by atoms with Crippen LogP contribution in [0.1, 0.15) is 83.1 Å². The molecule has 0 unspecified atom stereocenters. The van der Waals surface area contributed by atoms with Gasteiger partial charge in [-0.15, -0.1) is 0 Å². The Morgan fingerprint density at radius 3 is 0.471 bits per heavy atom. The maximum Gasteiger partial charge on any atom is -0.00687 e. The Kier molecular flexibility index (Phi) is 4.27. The molecule has 0 aromatic rings. The van der Waals surface area contributed by atoms with E-state index in [4.69, 9.17) is 0 Å². The third-order valence-corrected chi connectivity index (χ3v) is 11.0. The largest absolute Gasteiger partial charge is 0.222 e. The summed E-state index contributed by atoms with van der Waals surface area (Å²) in [6.07, 6.45) is 0. The first kappa shape index (κ1) is 17.4. The normalized spacial score (nSPS) is 17.2. The zero-order valence-electron chi connectivity index (χ0n) is 14.4. The van der Waals surface area contributed by atoms with Gasteiger partial charge in [0.25, 0.3) is 0 Å². The van der Waals surface area contributed by atoms with Gasteiger partial charge in [0.15, 0.2) is 0 Å². The summed E-state index contributed by atoms with van der Waals surface area (Å²) in [7, 11) is -0.861. The molecule has 0 aliphatic carbocycles. The first-order chi connectivity index (χ1) is 7.00. The lowest BCUT2D eigenvalue weighted by Gasteiger charge is -2.72. The first-order valence-corrected chi connectivity index (χ1v) is 8.45. The van der Waals surface area contributed by atoms with Gasteiger partial charge in [-0.2, -0.15) is 0 Å². The summed E-state index contributed by atoms with van der Waals surface area (Å²) >= 11 is 0. The molecule has 106 valence electrons. The molecule has 0 aromatic heterocycles. The molecule has 0 fully saturated rings. The molecule has 0 bridgehead atoms. The molecule has 0 saturated carbocycles. The van der Waals surface area contributed by atoms with E-state index in [-0.39, 0.29) is 0 Å². The van der Waals surface area contributed by atoms with Gasteiger partial charge in [0, 0.05) is 0 Å². The summed E-state index contributed by atoms with van der Waals surface area (Å²) in [6, 6.07) is 0. The maximum atomic E-state index is 2.45. The lowest BCUT2D eigenvalue weighted by atomic mass is 10.2. The Hall–Kier alpha value is 0.350. The Labute approximate surface area is 112 Å². The summed E-state index contributed by atoms with van der Waals surface area (Å²) < 4.78 is 1.40. The van der Waals surface area contributed by atoms with Crippen LogP contribution in [0.25, 0.3) is 0 Å². The molecule has 0 amide bonds. The average Bonchev–Trinajstić information content (AvgIpc) is 1.67. The summed E-state index contributed by atoms with van der Waals surface area (Å²) in [4.78, 5) is 0. The van der Waals surface area contributed by atoms with Crippen molar-refractivity contribution in [3.05, 3.63) is 0 Å². The third kappa shape index (κ3) is 2.55. The Morgan fingerprint density at radius 1 is 0.353 bits per heavy atom. The first-order valence-electron chi connectivity index (χ1n) is 6.82. The van der Waals surface area contributed by atoms with E-state index in [1.807, 2.05) is 0 Å². The van der Waals surface area contributed by atoms with Crippen molar-refractivity contribution < 1.29 is 0 Å². The van der Waals surface area contributed by atoms with Crippen LogP contribution in [0, 0.1) is 0 Å². The van der Waals surface area contributed by atoms with Crippen molar-refractivity contribution in [2.45, 2.75) is 102 Å². The molecule has 0 aromatic carbocycles. The quantitative estimate of drug-likeness (QED) is 0.502. The molecule has 0 atom stereocenters. The predicted molar refractivity (Wildman–Crippen MR) is 86.6 cm³/mol. The van der Waals surface area contributed by atoms with Crippen molar-refractivity contribution in [2.24, 2.45) is 0 Å². The summed E-state index contributed by atoms with van der Waals surface area (Å²) in [5, 5.41) is 0. The molecule has 0 saturated heterocycles. The SMILES string of the molecule is CC(C)(C)S(C(C)(C)C)(C(C)(C)C)C(C)(C)C. The van der Waals surface area contributed by atoms with Crippen molar-refractivity contribution in [3.63, 3.8) is 0 Å². The Morgan fingerprint density at radius 2 is 0.471 bits per heavy atom. The summed E-state index contributed by atoms with van der Waals surface area (Å²) in [5.41, 5.74) is 0. The molecule has 0 N–H and O–H groups in total. The molecule has 0 spiro atoms. The van der Waals surface area contributed by atoms with E-state index in [1.54, 1.807) is 0 Å². The second kappa shape index (κ2) is 4.18. The lowest BCUT2D eigenvalue weighted by molar-refractivity contribution is 0.593.